The molecule has 2 aromatic rings. The number of carbonyl (C=O) groups excluding carboxylic acids is 1. The second-order valence-corrected chi connectivity index (χ2v) is 8.02. The number of sulfonamides is 1. The first-order chi connectivity index (χ1) is 12.2. The summed E-state index contributed by atoms with van der Waals surface area (Å²) in [6.45, 7) is 1.63. The third-order valence-electron chi connectivity index (χ3n) is 3.53. The van der Waals surface area contributed by atoms with Crippen molar-refractivity contribution in [2.45, 2.75) is 24.5 Å². The normalized spacial score (nSPS) is 12.5. The van der Waals surface area contributed by atoms with Crippen molar-refractivity contribution in [3.8, 4) is 5.75 Å². The molecule has 0 radical (unpaired) electrons. The van der Waals surface area contributed by atoms with E-state index in [2.05, 4.69) is 10.0 Å². The third kappa shape index (κ3) is 5.35. The van der Waals surface area contributed by atoms with Crippen molar-refractivity contribution < 1.29 is 17.9 Å². The fourth-order valence-corrected chi connectivity index (χ4v) is 3.56. The van der Waals surface area contributed by atoms with E-state index in [0.717, 1.165) is 0 Å². The van der Waals surface area contributed by atoms with Crippen molar-refractivity contribution in [3.05, 3.63) is 58.1 Å². The van der Waals surface area contributed by atoms with Gasteiger partial charge in [0, 0.05) is 23.6 Å². The number of likely N-dealkylation sites (N-methyl/N-ethyl adjacent to an activating group) is 1. The van der Waals surface area contributed by atoms with Gasteiger partial charge >= 0.3 is 0 Å². The molecule has 0 bridgehead atoms. The van der Waals surface area contributed by atoms with Crippen molar-refractivity contribution in [3.63, 3.8) is 0 Å². The number of ether oxygens (including phenoxy) is 1. The van der Waals surface area contributed by atoms with Gasteiger partial charge in [-0.25, -0.2) is 13.1 Å². The topological polar surface area (TPSA) is 84.5 Å². The van der Waals surface area contributed by atoms with E-state index >= 15 is 0 Å². The summed E-state index contributed by atoms with van der Waals surface area (Å²) in [5.74, 6) is 0.115. The molecule has 0 aliphatic rings. The summed E-state index contributed by atoms with van der Waals surface area (Å²) < 4.78 is 32.7. The zero-order valence-corrected chi connectivity index (χ0v) is 16.5. The summed E-state index contributed by atoms with van der Waals surface area (Å²) in [6.07, 6.45) is -0.687. The number of nitrogens with one attached hydrogen (secondary N) is 2. The number of halogens is 2. The van der Waals surface area contributed by atoms with Crippen LogP contribution in [0.2, 0.25) is 10.0 Å². The van der Waals surface area contributed by atoms with Crippen LogP contribution in [0.15, 0.2) is 47.4 Å². The predicted octanol–water partition coefficient (Wildman–Crippen LogP) is 2.99. The average Bonchev–Trinajstić information content (AvgIpc) is 2.60. The number of rotatable bonds is 7. The fourth-order valence-electron chi connectivity index (χ4n) is 2.08. The van der Waals surface area contributed by atoms with E-state index in [0.29, 0.717) is 21.4 Å². The zero-order valence-electron chi connectivity index (χ0n) is 14.1. The van der Waals surface area contributed by atoms with Gasteiger partial charge < -0.3 is 10.1 Å². The van der Waals surface area contributed by atoms with Crippen LogP contribution in [0.25, 0.3) is 0 Å². The molecule has 0 aromatic heterocycles. The molecule has 0 unspecified atom stereocenters. The highest BCUT2D eigenvalue weighted by molar-refractivity contribution is 7.89. The van der Waals surface area contributed by atoms with E-state index in [1.807, 2.05) is 0 Å². The van der Waals surface area contributed by atoms with Crippen LogP contribution in [0.1, 0.15) is 12.5 Å². The Kier molecular flexibility index (Phi) is 6.88. The SMILES string of the molecule is CNC(=O)[C@@H](C)Oc1ccc(S(=O)(=O)NCc2ccc(Cl)cc2Cl)cc1. The van der Waals surface area contributed by atoms with Crippen LogP contribution >= 0.6 is 23.2 Å². The van der Waals surface area contributed by atoms with Gasteiger partial charge in [0.05, 0.1) is 4.90 Å². The summed E-state index contributed by atoms with van der Waals surface area (Å²) in [4.78, 5) is 11.5. The first-order valence-corrected chi connectivity index (χ1v) is 9.89. The summed E-state index contributed by atoms with van der Waals surface area (Å²) in [7, 11) is -2.22. The molecule has 2 N–H and O–H groups in total. The summed E-state index contributed by atoms with van der Waals surface area (Å²) in [5, 5.41) is 3.33. The Morgan fingerprint density at radius 1 is 1.15 bits per heavy atom. The van der Waals surface area contributed by atoms with Gasteiger partial charge in [-0.2, -0.15) is 0 Å². The van der Waals surface area contributed by atoms with Crippen molar-refractivity contribution in [1.29, 1.82) is 0 Å². The van der Waals surface area contributed by atoms with E-state index in [4.69, 9.17) is 27.9 Å². The highest BCUT2D eigenvalue weighted by Crippen LogP contribution is 2.22. The second-order valence-electron chi connectivity index (χ2n) is 5.41. The van der Waals surface area contributed by atoms with Gasteiger partial charge in [-0.3, -0.25) is 4.79 Å². The molecule has 0 saturated heterocycles. The van der Waals surface area contributed by atoms with Crippen LogP contribution in [0, 0.1) is 0 Å². The van der Waals surface area contributed by atoms with E-state index in [9.17, 15) is 13.2 Å². The van der Waals surface area contributed by atoms with Gasteiger partial charge in [-0.05, 0) is 48.9 Å². The number of hydrogen-bond donors (Lipinski definition) is 2. The Morgan fingerprint density at radius 3 is 2.38 bits per heavy atom. The van der Waals surface area contributed by atoms with Crippen LogP contribution in [-0.4, -0.2) is 27.5 Å². The number of benzene rings is 2. The fraction of sp³-hybridized carbons (Fsp3) is 0.235. The van der Waals surface area contributed by atoms with Crippen molar-refractivity contribution in [2.75, 3.05) is 7.05 Å². The first-order valence-electron chi connectivity index (χ1n) is 7.65. The minimum atomic E-state index is -3.73. The molecule has 1 amide bonds. The Labute approximate surface area is 162 Å². The first kappa shape index (κ1) is 20.5. The Bertz CT molecular complexity index is 886. The summed E-state index contributed by atoms with van der Waals surface area (Å²) in [5.41, 5.74) is 0.610. The van der Waals surface area contributed by atoms with Crippen LogP contribution in [0.4, 0.5) is 0 Å². The van der Waals surface area contributed by atoms with E-state index < -0.39 is 16.1 Å². The van der Waals surface area contributed by atoms with Crippen LogP contribution < -0.4 is 14.8 Å². The lowest BCUT2D eigenvalue weighted by Crippen LogP contribution is -2.33. The molecule has 0 aliphatic heterocycles. The molecule has 0 fully saturated rings. The van der Waals surface area contributed by atoms with Gasteiger partial charge in [0.2, 0.25) is 10.0 Å². The van der Waals surface area contributed by atoms with Crippen LogP contribution in [0.3, 0.4) is 0 Å². The Hall–Kier alpha value is -1.80. The lowest BCUT2D eigenvalue weighted by Gasteiger charge is -2.13. The van der Waals surface area contributed by atoms with Crippen LogP contribution in [-0.2, 0) is 21.4 Å². The van der Waals surface area contributed by atoms with Crippen molar-refractivity contribution in [2.24, 2.45) is 0 Å². The minimum Gasteiger partial charge on any atom is -0.481 e. The van der Waals surface area contributed by atoms with Gasteiger partial charge in [0.25, 0.3) is 5.91 Å². The lowest BCUT2D eigenvalue weighted by atomic mass is 10.2. The molecule has 6 nitrogen and oxygen atoms in total. The molecule has 2 aromatic carbocycles. The molecule has 2 rings (SSSR count). The molecular formula is C17H18Cl2N2O4S. The largest absolute Gasteiger partial charge is 0.481 e. The van der Waals surface area contributed by atoms with Gasteiger partial charge in [-0.15, -0.1) is 0 Å². The molecule has 1 atom stereocenters. The molecule has 140 valence electrons. The number of hydrogen-bond acceptors (Lipinski definition) is 4. The van der Waals surface area contributed by atoms with Gasteiger partial charge in [0.1, 0.15) is 5.75 Å². The monoisotopic (exact) mass is 416 g/mol. The zero-order chi connectivity index (χ0) is 19.3. The molecule has 26 heavy (non-hydrogen) atoms. The minimum absolute atomic E-state index is 0.0320. The van der Waals surface area contributed by atoms with E-state index in [-0.39, 0.29) is 17.3 Å². The van der Waals surface area contributed by atoms with Gasteiger partial charge in [-0.1, -0.05) is 29.3 Å². The Morgan fingerprint density at radius 2 is 1.81 bits per heavy atom. The Balaban J connectivity index is 2.05. The summed E-state index contributed by atoms with van der Waals surface area (Å²) in [6, 6.07) is 10.6. The maximum atomic E-state index is 12.4. The van der Waals surface area contributed by atoms with Crippen LogP contribution in [0.5, 0.6) is 5.75 Å². The lowest BCUT2D eigenvalue weighted by molar-refractivity contribution is -0.126. The number of amides is 1. The van der Waals surface area contributed by atoms with E-state index in [1.54, 1.807) is 25.1 Å². The number of carbonyl (C=O) groups is 1. The molecule has 0 heterocycles. The van der Waals surface area contributed by atoms with E-state index in [1.165, 1.54) is 31.3 Å². The standard InChI is InChI=1S/C17H18Cl2N2O4S/c1-11(17(22)20-2)25-14-5-7-15(8-6-14)26(23,24)21-10-12-3-4-13(18)9-16(12)19/h3-9,11,21H,10H2,1-2H3,(H,20,22)/t11-/m1/s1. The molecular weight excluding hydrogens is 399 g/mol. The molecule has 9 heteroatoms. The molecule has 0 spiro atoms. The molecule has 0 saturated carbocycles. The quantitative estimate of drug-likeness (QED) is 0.726. The second kappa shape index (κ2) is 8.73. The van der Waals surface area contributed by atoms with Crippen molar-refractivity contribution >= 4 is 39.1 Å². The predicted molar refractivity (Wildman–Crippen MR) is 101 cm³/mol. The summed E-state index contributed by atoms with van der Waals surface area (Å²) >= 11 is 11.9. The maximum Gasteiger partial charge on any atom is 0.260 e. The molecule has 0 aliphatic carbocycles. The highest BCUT2D eigenvalue weighted by Gasteiger charge is 2.16. The third-order valence-corrected chi connectivity index (χ3v) is 5.53. The van der Waals surface area contributed by atoms with Crippen molar-refractivity contribution in [1.82, 2.24) is 10.0 Å². The maximum absolute atomic E-state index is 12.4. The average molecular weight is 417 g/mol. The highest BCUT2D eigenvalue weighted by atomic mass is 35.5. The smallest absolute Gasteiger partial charge is 0.260 e. The van der Waals surface area contributed by atoms with Gasteiger partial charge in [0.15, 0.2) is 6.10 Å².